The lowest BCUT2D eigenvalue weighted by atomic mass is 10.1. The van der Waals surface area contributed by atoms with Crippen LogP contribution < -0.4 is 4.90 Å². The molecule has 0 spiro atoms. The van der Waals surface area contributed by atoms with Crippen molar-refractivity contribution in [2.24, 2.45) is 7.05 Å². The number of carboxylic acids is 1. The summed E-state index contributed by atoms with van der Waals surface area (Å²) in [6.45, 7) is 6.07. The molecule has 1 aromatic heterocycles. The fourth-order valence-corrected chi connectivity index (χ4v) is 3.05. The Bertz CT molecular complexity index is 467. The van der Waals surface area contributed by atoms with E-state index in [0.717, 1.165) is 25.1 Å². The zero-order valence-corrected chi connectivity index (χ0v) is 11.5. The molecule has 5 heteroatoms. The van der Waals surface area contributed by atoms with E-state index in [9.17, 15) is 9.90 Å². The summed E-state index contributed by atoms with van der Waals surface area (Å²) in [7, 11) is 1.83. The lowest BCUT2D eigenvalue weighted by Gasteiger charge is -2.30. The SMILES string of the molecule is CCC1CCC(C)N1c1c(C(=O)O)c(C)nn1C. The molecule has 2 heterocycles. The molecule has 1 N–H and O–H groups in total. The van der Waals surface area contributed by atoms with Crippen LogP contribution in [0.1, 0.15) is 49.2 Å². The van der Waals surface area contributed by atoms with Crippen LogP contribution in [0.25, 0.3) is 0 Å². The molecule has 2 unspecified atom stereocenters. The topological polar surface area (TPSA) is 58.4 Å². The summed E-state index contributed by atoms with van der Waals surface area (Å²) < 4.78 is 1.71. The van der Waals surface area contributed by atoms with E-state index in [0.29, 0.717) is 23.3 Å². The number of carbonyl (C=O) groups is 1. The molecule has 1 fully saturated rings. The molecule has 1 aliphatic heterocycles. The fourth-order valence-electron chi connectivity index (χ4n) is 3.05. The normalized spacial score (nSPS) is 23.7. The van der Waals surface area contributed by atoms with Gasteiger partial charge >= 0.3 is 5.97 Å². The number of anilines is 1. The van der Waals surface area contributed by atoms with Gasteiger partial charge in [0.15, 0.2) is 0 Å². The molecule has 0 amide bonds. The molecular formula is C13H21N3O2. The maximum Gasteiger partial charge on any atom is 0.341 e. The number of carboxylic acid groups (broad SMARTS) is 1. The van der Waals surface area contributed by atoms with Gasteiger partial charge in [-0.1, -0.05) is 6.92 Å². The number of rotatable bonds is 3. The minimum atomic E-state index is -0.885. The first kappa shape index (κ1) is 12.9. The number of aryl methyl sites for hydroxylation is 2. The third kappa shape index (κ3) is 1.87. The summed E-state index contributed by atoms with van der Waals surface area (Å²) in [5, 5.41) is 13.7. The monoisotopic (exact) mass is 251 g/mol. The predicted octanol–water partition coefficient (Wildman–Crippen LogP) is 2.19. The summed E-state index contributed by atoms with van der Waals surface area (Å²) in [6, 6.07) is 0.802. The van der Waals surface area contributed by atoms with Crippen molar-refractivity contribution in [3.63, 3.8) is 0 Å². The van der Waals surface area contributed by atoms with Crippen molar-refractivity contribution in [1.82, 2.24) is 9.78 Å². The number of nitrogens with zero attached hydrogens (tertiary/aromatic N) is 3. The van der Waals surface area contributed by atoms with Crippen LogP contribution in [0.4, 0.5) is 5.82 Å². The average Bonchev–Trinajstić information content (AvgIpc) is 2.78. The molecule has 0 aromatic carbocycles. The van der Waals surface area contributed by atoms with Gasteiger partial charge in [0.2, 0.25) is 0 Å². The Morgan fingerprint density at radius 2 is 2.17 bits per heavy atom. The molecule has 0 aliphatic carbocycles. The summed E-state index contributed by atoms with van der Waals surface area (Å²) >= 11 is 0. The van der Waals surface area contributed by atoms with Crippen LogP contribution in [-0.2, 0) is 7.05 Å². The molecule has 5 nitrogen and oxygen atoms in total. The molecule has 1 aliphatic rings. The van der Waals surface area contributed by atoms with E-state index >= 15 is 0 Å². The Kier molecular flexibility index (Phi) is 3.32. The third-order valence-corrected chi connectivity index (χ3v) is 3.91. The van der Waals surface area contributed by atoms with E-state index in [1.54, 1.807) is 11.6 Å². The van der Waals surface area contributed by atoms with Gasteiger partial charge < -0.3 is 10.0 Å². The standard InChI is InChI=1S/C13H21N3O2/c1-5-10-7-6-8(2)16(10)12-11(13(17)18)9(3)14-15(12)4/h8,10H,5-7H2,1-4H3,(H,17,18). The number of hydrogen-bond donors (Lipinski definition) is 1. The average molecular weight is 251 g/mol. The zero-order chi connectivity index (χ0) is 13.4. The van der Waals surface area contributed by atoms with Crippen LogP contribution in [-0.4, -0.2) is 32.9 Å². The summed E-state index contributed by atoms with van der Waals surface area (Å²) in [4.78, 5) is 13.7. The first-order chi connectivity index (χ1) is 8.47. The lowest BCUT2D eigenvalue weighted by molar-refractivity contribution is 0.0696. The minimum absolute atomic E-state index is 0.352. The Morgan fingerprint density at radius 3 is 2.72 bits per heavy atom. The highest BCUT2D eigenvalue weighted by Crippen LogP contribution is 2.34. The number of aromatic nitrogens is 2. The first-order valence-corrected chi connectivity index (χ1v) is 6.52. The van der Waals surface area contributed by atoms with Gasteiger partial charge in [-0.3, -0.25) is 4.68 Å². The van der Waals surface area contributed by atoms with Gasteiger partial charge in [0.1, 0.15) is 11.4 Å². The smallest absolute Gasteiger partial charge is 0.341 e. The highest BCUT2D eigenvalue weighted by molar-refractivity contribution is 5.95. The highest BCUT2D eigenvalue weighted by Gasteiger charge is 2.35. The van der Waals surface area contributed by atoms with Gasteiger partial charge in [-0.25, -0.2) is 4.79 Å². The largest absolute Gasteiger partial charge is 0.477 e. The fraction of sp³-hybridized carbons (Fsp3) is 0.692. The maximum absolute atomic E-state index is 11.4. The maximum atomic E-state index is 11.4. The minimum Gasteiger partial charge on any atom is -0.477 e. The van der Waals surface area contributed by atoms with Crippen molar-refractivity contribution in [3.05, 3.63) is 11.3 Å². The summed E-state index contributed by atoms with van der Waals surface area (Å²) in [5.41, 5.74) is 0.943. The molecule has 100 valence electrons. The summed E-state index contributed by atoms with van der Waals surface area (Å²) in [5.74, 6) is -0.124. The van der Waals surface area contributed by atoms with Gasteiger partial charge in [-0.2, -0.15) is 5.10 Å². The van der Waals surface area contributed by atoms with Crippen molar-refractivity contribution < 1.29 is 9.90 Å². The molecule has 0 bridgehead atoms. The van der Waals surface area contributed by atoms with E-state index < -0.39 is 5.97 Å². The van der Waals surface area contributed by atoms with E-state index in [-0.39, 0.29) is 0 Å². The second-order valence-corrected chi connectivity index (χ2v) is 5.11. The molecular weight excluding hydrogens is 230 g/mol. The predicted molar refractivity (Wildman–Crippen MR) is 70.2 cm³/mol. The van der Waals surface area contributed by atoms with Gasteiger partial charge in [-0.05, 0) is 33.1 Å². The molecule has 2 rings (SSSR count). The Balaban J connectivity index is 2.52. The van der Waals surface area contributed by atoms with E-state index in [1.807, 2.05) is 7.05 Å². The highest BCUT2D eigenvalue weighted by atomic mass is 16.4. The van der Waals surface area contributed by atoms with Crippen LogP contribution in [0.3, 0.4) is 0 Å². The molecule has 2 atom stereocenters. The van der Waals surface area contributed by atoms with Gasteiger partial charge in [0.25, 0.3) is 0 Å². The lowest BCUT2D eigenvalue weighted by Crippen LogP contribution is -2.36. The first-order valence-electron chi connectivity index (χ1n) is 6.52. The van der Waals surface area contributed by atoms with E-state index in [2.05, 4.69) is 23.8 Å². The molecule has 1 aromatic rings. The van der Waals surface area contributed by atoms with Crippen LogP contribution in [0.5, 0.6) is 0 Å². The molecule has 0 radical (unpaired) electrons. The molecule has 18 heavy (non-hydrogen) atoms. The Morgan fingerprint density at radius 1 is 1.50 bits per heavy atom. The zero-order valence-electron chi connectivity index (χ0n) is 11.5. The second kappa shape index (κ2) is 4.63. The van der Waals surface area contributed by atoms with E-state index in [1.165, 1.54) is 0 Å². The van der Waals surface area contributed by atoms with Crippen molar-refractivity contribution in [3.8, 4) is 0 Å². The van der Waals surface area contributed by atoms with Crippen molar-refractivity contribution in [1.29, 1.82) is 0 Å². The van der Waals surface area contributed by atoms with Crippen LogP contribution in [0.2, 0.25) is 0 Å². The quantitative estimate of drug-likeness (QED) is 0.894. The van der Waals surface area contributed by atoms with Gasteiger partial charge in [0, 0.05) is 19.1 Å². The van der Waals surface area contributed by atoms with Crippen molar-refractivity contribution in [2.75, 3.05) is 4.90 Å². The molecule has 0 saturated carbocycles. The number of aromatic carboxylic acids is 1. The van der Waals surface area contributed by atoms with E-state index in [4.69, 9.17) is 0 Å². The second-order valence-electron chi connectivity index (χ2n) is 5.11. The third-order valence-electron chi connectivity index (χ3n) is 3.91. The summed E-state index contributed by atoms with van der Waals surface area (Å²) in [6.07, 6.45) is 3.27. The van der Waals surface area contributed by atoms with Gasteiger partial charge in [-0.15, -0.1) is 0 Å². The molecule has 1 saturated heterocycles. The van der Waals surface area contributed by atoms with Crippen molar-refractivity contribution >= 4 is 11.8 Å². The van der Waals surface area contributed by atoms with Crippen LogP contribution in [0, 0.1) is 6.92 Å². The Hall–Kier alpha value is -1.52. The number of hydrogen-bond acceptors (Lipinski definition) is 3. The van der Waals surface area contributed by atoms with Crippen molar-refractivity contribution in [2.45, 2.75) is 52.1 Å². The van der Waals surface area contributed by atoms with Crippen LogP contribution >= 0.6 is 0 Å². The van der Waals surface area contributed by atoms with Gasteiger partial charge in [0.05, 0.1) is 5.69 Å². The Labute approximate surface area is 107 Å². The van der Waals surface area contributed by atoms with Crippen LogP contribution in [0.15, 0.2) is 0 Å².